The lowest BCUT2D eigenvalue weighted by Crippen LogP contribution is -2.04. The first kappa shape index (κ1) is 7.74. The van der Waals surface area contributed by atoms with Crippen molar-refractivity contribution in [2.75, 3.05) is 5.32 Å². The summed E-state index contributed by atoms with van der Waals surface area (Å²) in [7, 11) is 0. The number of anilines is 1. The molecule has 0 saturated heterocycles. The molecule has 0 bridgehead atoms. The topological polar surface area (TPSA) is 37.8 Å². The van der Waals surface area contributed by atoms with Gasteiger partial charge in [-0.2, -0.15) is 0 Å². The molecule has 2 aromatic rings. The minimum atomic E-state index is 0.608. The molecule has 3 heteroatoms. The van der Waals surface area contributed by atoms with Crippen molar-refractivity contribution in [2.45, 2.75) is 18.9 Å². The van der Waals surface area contributed by atoms with E-state index in [-0.39, 0.29) is 0 Å². The second kappa shape index (κ2) is 2.94. The van der Waals surface area contributed by atoms with Gasteiger partial charge in [-0.05, 0) is 18.9 Å². The van der Waals surface area contributed by atoms with Gasteiger partial charge in [0.1, 0.15) is 0 Å². The molecule has 0 unspecified atom stereocenters. The summed E-state index contributed by atoms with van der Waals surface area (Å²) in [5, 5.41) is 4.38. The number of fused-ring (bicyclic) bond motifs is 1. The fourth-order valence-electron chi connectivity index (χ4n) is 1.45. The maximum atomic E-state index is 4.43. The summed E-state index contributed by atoms with van der Waals surface area (Å²) >= 11 is 0. The molecule has 1 saturated carbocycles. The SMILES string of the molecule is c1ccc2nc(NC3CC3)ncc2c1. The van der Waals surface area contributed by atoms with Crippen LogP contribution in [0, 0.1) is 0 Å². The number of nitrogens with one attached hydrogen (secondary N) is 1. The molecule has 70 valence electrons. The van der Waals surface area contributed by atoms with Crippen LogP contribution in [0.3, 0.4) is 0 Å². The summed E-state index contributed by atoms with van der Waals surface area (Å²) in [6, 6.07) is 8.64. The summed E-state index contributed by atoms with van der Waals surface area (Å²) in [6.45, 7) is 0. The van der Waals surface area contributed by atoms with Crippen molar-refractivity contribution in [3.63, 3.8) is 0 Å². The Balaban J connectivity index is 2.01. The number of aromatic nitrogens is 2. The van der Waals surface area contributed by atoms with Gasteiger partial charge in [-0.15, -0.1) is 0 Å². The first-order chi connectivity index (χ1) is 6.92. The highest BCUT2D eigenvalue weighted by atomic mass is 15.1. The predicted molar refractivity (Wildman–Crippen MR) is 56.2 cm³/mol. The van der Waals surface area contributed by atoms with Crippen LogP contribution >= 0.6 is 0 Å². The van der Waals surface area contributed by atoms with E-state index in [4.69, 9.17) is 0 Å². The Morgan fingerprint density at radius 2 is 2.07 bits per heavy atom. The van der Waals surface area contributed by atoms with Crippen molar-refractivity contribution in [2.24, 2.45) is 0 Å². The quantitative estimate of drug-likeness (QED) is 0.779. The minimum Gasteiger partial charge on any atom is -0.351 e. The Labute approximate surface area is 82.2 Å². The molecule has 0 aliphatic heterocycles. The molecule has 1 aromatic heterocycles. The second-order valence-electron chi connectivity index (χ2n) is 3.67. The fraction of sp³-hybridized carbons (Fsp3) is 0.273. The maximum absolute atomic E-state index is 4.43. The van der Waals surface area contributed by atoms with E-state index in [1.807, 2.05) is 30.5 Å². The number of rotatable bonds is 2. The first-order valence-electron chi connectivity index (χ1n) is 4.90. The van der Waals surface area contributed by atoms with E-state index in [0.717, 1.165) is 16.9 Å². The fourth-order valence-corrected chi connectivity index (χ4v) is 1.45. The van der Waals surface area contributed by atoms with Crippen LogP contribution in [0.2, 0.25) is 0 Å². The van der Waals surface area contributed by atoms with Gasteiger partial charge in [0.2, 0.25) is 5.95 Å². The van der Waals surface area contributed by atoms with Crippen LogP contribution in [0.15, 0.2) is 30.5 Å². The van der Waals surface area contributed by atoms with Crippen molar-refractivity contribution < 1.29 is 0 Å². The average molecular weight is 185 g/mol. The van der Waals surface area contributed by atoms with Gasteiger partial charge in [0.25, 0.3) is 0 Å². The van der Waals surface area contributed by atoms with Gasteiger partial charge < -0.3 is 5.32 Å². The molecule has 3 nitrogen and oxygen atoms in total. The van der Waals surface area contributed by atoms with E-state index in [1.165, 1.54) is 12.8 Å². The average Bonchev–Trinajstić information content (AvgIpc) is 3.02. The Kier molecular flexibility index (Phi) is 1.63. The molecule has 1 aliphatic carbocycles. The third kappa shape index (κ3) is 1.41. The van der Waals surface area contributed by atoms with Crippen molar-refractivity contribution in [1.82, 2.24) is 9.97 Å². The summed E-state index contributed by atoms with van der Waals surface area (Å²) in [5.74, 6) is 0.756. The van der Waals surface area contributed by atoms with Gasteiger partial charge in [-0.1, -0.05) is 18.2 Å². The largest absolute Gasteiger partial charge is 0.351 e. The molecule has 0 amide bonds. The lowest BCUT2D eigenvalue weighted by Gasteiger charge is -2.02. The molecule has 1 aromatic carbocycles. The van der Waals surface area contributed by atoms with Crippen molar-refractivity contribution in [3.05, 3.63) is 30.5 Å². The number of para-hydroxylation sites is 1. The van der Waals surface area contributed by atoms with Crippen LogP contribution in [0.25, 0.3) is 10.9 Å². The predicted octanol–water partition coefficient (Wildman–Crippen LogP) is 2.20. The van der Waals surface area contributed by atoms with Crippen LogP contribution in [0.5, 0.6) is 0 Å². The third-order valence-corrected chi connectivity index (χ3v) is 2.40. The van der Waals surface area contributed by atoms with Crippen LogP contribution in [0.1, 0.15) is 12.8 Å². The molecular formula is C11H11N3. The van der Waals surface area contributed by atoms with Gasteiger partial charge in [0.05, 0.1) is 5.52 Å². The van der Waals surface area contributed by atoms with Crippen LogP contribution in [-0.4, -0.2) is 16.0 Å². The van der Waals surface area contributed by atoms with Crippen molar-refractivity contribution in [3.8, 4) is 0 Å². The molecule has 0 spiro atoms. The number of nitrogens with zero attached hydrogens (tertiary/aromatic N) is 2. The van der Waals surface area contributed by atoms with E-state index >= 15 is 0 Å². The summed E-state index contributed by atoms with van der Waals surface area (Å²) in [6.07, 6.45) is 4.36. The van der Waals surface area contributed by atoms with Gasteiger partial charge in [0, 0.05) is 17.6 Å². The zero-order valence-corrected chi connectivity index (χ0v) is 7.77. The molecule has 1 N–H and O–H groups in total. The van der Waals surface area contributed by atoms with E-state index in [1.54, 1.807) is 0 Å². The highest BCUT2D eigenvalue weighted by Crippen LogP contribution is 2.23. The van der Waals surface area contributed by atoms with Crippen LogP contribution in [0.4, 0.5) is 5.95 Å². The van der Waals surface area contributed by atoms with Crippen molar-refractivity contribution in [1.29, 1.82) is 0 Å². The van der Waals surface area contributed by atoms with E-state index in [0.29, 0.717) is 6.04 Å². The van der Waals surface area contributed by atoms with E-state index in [9.17, 15) is 0 Å². The van der Waals surface area contributed by atoms with Crippen LogP contribution < -0.4 is 5.32 Å². The smallest absolute Gasteiger partial charge is 0.223 e. The Morgan fingerprint density at radius 1 is 1.21 bits per heavy atom. The van der Waals surface area contributed by atoms with Gasteiger partial charge in [0.15, 0.2) is 0 Å². The Bertz CT molecular complexity index is 463. The van der Waals surface area contributed by atoms with Crippen LogP contribution in [-0.2, 0) is 0 Å². The molecule has 1 heterocycles. The normalized spacial score (nSPS) is 15.7. The first-order valence-corrected chi connectivity index (χ1v) is 4.90. The molecule has 14 heavy (non-hydrogen) atoms. The zero-order chi connectivity index (χ0) is 9.38. The monoisotopic (exact) mass is 185 g/mol. The molecular weight excluding hydrogens is 174 g/mol. The van der Waals surface area contributed by atoms with E-state index in [2.05, 4.69) is 15.3 Å². The minimum absolute atomic E-state index is 0.608. The van der Waals surface area contributed by atoms with Gasteiger partial charge in [-0.25, -0.2) is 9.97 Å². The summed E-state index contributed by atoms with van der Waals surface area (Å²) < 4.78 is 0. The number of hydrogen-bond donors (Lipinski definition) is 1. The lowest BCUT2D eigenvalue weighted by atomic mass is 10.2. The highest BCUT2D eigenvalue weighted by Gasteiger charge is 2.21. The summed E-state index contributed by atoms with van der Waals surface area (Å²) in [5.41, 5.74) is 1.01. The highest BCUT2D eigenvalue weighted by molar-refractivity contribution is 5.78. The van der Waals surface area contributed by atoms with Gasteiger partial charge >= 0.3 is 0 Å². The molecule has 0 radical (unpaired) electrons. The van der Waals surface area contributed by atoms with Gasteiger partial charge in [-0.3, -0.25) is 0 Å². The molecule has 3 rings (SSSR count). The number of benzene rings is 1. The Hall–Kier alpha value is -1.64. The standard InChI is InChI=1S/C11H11N3/c1-2-4-10-8(3-1)7-12-11(14-10)13-9-5-6-9/h1-4,7,9H,5-6H2,(H,12,13,14). The number of hydrogen-bond acceptors (Lipinski definition) is 3. The zero-order valence-electron chi connectivity index (χ0n) is 7.77. The van der Waals surface area contributed by atoms with E-state index < -0.39 is 0 Å². The summed E-state index contributed by atoms with van der Waals surface area (Å²) in [4.78, 5) is 8.70. The lowest BCUT2D eigenvalue weighted by molar-refractivity contribution is 1.07. The second-order valence-corrected chi connectivity index (χ2v) is 3.67. The molecule has 0 atom stereocenters. The van der Waals surface area contributed by atoms with Crippen molar-refractivity contribution >= 4 is 16.9 Å². The Morgan fingerprint density at radius 3 is 2.93 bits per heavy atom. The molecule has 1 aliphatic rings. The third-order valence-electron chi connectivity index (χ3n) is 2.40. The maximum Gasteiger partial charge on any atom is 0.223 e. The molecule has 1 fully saturated rings.